The second-order valence-corrected chi connectivity index (χ2v) is 10.6. The molecule has 0 atom stereocenters. The summed E-state index contributed by atoms with van der Waals surface area (Å²) >= 11 is 0. The van der Waals surface area contributed by atoms with E-state index in [-0.39, 0.29) is 34.4 Å². The first-order valence-corrected chi connectivity index (χ1v) is 14.0. The van der Waals surface area contributed by atoms with Gasteiger partial charge in [-0.2, -0.15) is 0 Å². The molecular weight excluding hydrogens is 504 g/mol. The van der Waals surface area contributed by atoms with Gasteiger partial charge < -0.3 is 20.8 Å². The lowest BCUT2D eigenvalue weighted by Crippen LogP contribution is -2.13. The Balaban J connectivity index is 1.30. The zero-order chi connectivity index (χ0) is 26.0. The second kappa shape index (κ2) is 12.9. The Morgan fingerprint density at radius 2 is 1.16 bits per heavy atom. The number of phenols is 2. The molecule has 0 heterocycles. The smallest absolute Gasteiger partial charge is 0.259 e. The molecule has 4 rings (SSSR count). The summed E-state index contributed by atoms with van der Waals surface area (Å²) in [6, 6.07) is 28.1. The highest BCUT2D eigenvalue weighted by atomic mass is 33.1. The third kappa shape index (κ3) is 7.09. The Kier molecular flexibility index (Phi) is 9.13. The Labute approximate surface area is 223 Å². The van der Waals surface area contributed by atoms with E-state index in [0.29, 0.717) is 5.69 Å². The van der Waals surface area contributed by atoms with Crippen LogP contribution in [0.4, 0.5) is 11.4 Å². The molecule has 37 heavy (non-hydrogen) atoms. The third-order valence-corrected chi connectivity index (χ3v) is 8.02. The fourth-order valence-corrected chi connectivity index (χ4v) is 5.88. The van der Waals surface area contributed by atoms with Crippen molar-refractivity contribution in [1.29, 1.82) is 0 Å². The quantitative estimate of drug-likeness (QED) is 0.130. The van der Waals surface area contributed by atoms with Crippen molar-refractivity contribution in [3.63, 3.8) is 0 Å². The van der Waals surface area contributed by atoms with Gasteiger partial charge in [-0.25, -0.2) is 0 Å². The second-order valence-electron chi connectivity index (χ2n) is 8.10. The van der Waals surface area contributed by atoms with Crippen molar-refractivity contribution in [2.75, 3.05) is 16.4 Å². The van der Waals surface area contributed by atoms with Crippen LogP contribution in [0, 0.1) is 0 Å². The molecular formula is C29H26N2O4S2. The summed E-state index contributed by atoms with van der Waals surface area (Å²) in [5.74, 6) is 0.0323. The normalized spacial score (nSPS) is 10.6. The molecule has 0 saturated heterocycles. The van der Waals surface area contributed by atoms with E-state index in [0.717, 1.165) is 34.7 Å². The topological polar surface area (TPSA) is 98.7 Å². The van der Waals surface area contributed by atoms with Crippen LogP contribution >= 0.6 is 21.6 Å². The first kappa shape index (κ1) is 26.2. The van der Waals surface area contributed by atoms with E-state index >= 15 is 0 Å². The van der Waals surface area contributed by atoms with Crippen LogP contribution in [0.15, 0.2) is 102 Å². The number of carbonyl (C=O) groups excluding carboxylic acids is 2. The standard InChI is InChI=1S/C29H26N2O4S2/c32-25-16-6-2-12-21(25)28(34)30-23-14-4-1-10-20(23)11-9-19-36-37-27-18-8-5-15-24(27)31-29(35)22-13-3-7-17-26(22)33/h1-8,10,12-18,32-33H,9,11,19H2,(H,30,34)(H,31,35). The molecule has 6 nitrogen and oxygen atoms in total. The first-order valence-electron chi connectivity index (χ1n) is 11.7. The van der Waals surface area contributed by atoms with Crippen LogP contribution in [0.2, 0.25) is 0 Å². The summed E-state index contributed by atoms with van der Waals surface area (Å²) in [5, 5.41) is 25.7. The number of aryl methyl sites for hydroxylation is 1. The van der Waals surface area contributed by atoms with E-state index in [4.69, 9.17) is 0 Å². The number of benzene rings is 4. The Hall–Kier alpha value is -3.88. The number of nitrogens with one attached hydrogen (secondary N) is 2. The Morgan fingerprint density at radius 3 is 1.81 bits per heavy atom. The minimum absolute atomic E-state index is 0.0528. The number of carbonyl (C=O) groups is 2. The lowest BCUT2D eigenvalue weighted by molar-refractivity contribution is 0.101. The molecule has 0 saturated carbocycles. The molecule has 2 amide bonds. The summed E-state index contributed by atoms with van der Waals surface area (Å²) in [5.41, 5.74) is 2.89. The number of aromatic hydroxyl groups is 2. The van der Waals surface area contributed by atoms with Crippen LogP contribution < -0.4 is 10.6 Å². The van der Waals surface area contributed by atoms with Crippen molar-refractivity contribution in [2.45, 2.75) is 17.7 Å². The number of hydrogen-bond acceptors (Lipinski definition) is 6. The van der Waals surface area contributed by atoms with Crippen LogP contribution in [0.5, 0.6) is 11.5 Å². The summed E-state index contributed by atoms with van der Waals surface area (Å²) < 4.78 is 0. The molecule has 0 aromatic heterocycles. The van der Waals surface area contributed by atoms with Gasteiger partial charge in [-0.1, -0.05) is 76.2 Å². The average Bonchev–Trinajstić information content (AvgIpc) is 2.90. The van der Waals surface area contributed by atoms with Gasteiger partial charge in [0.25, 0.3) is 11.8 Å². The molecule has 0 aliphatic carbocycles. The number of phenolic OH excluding ortho intramolecular Hbond substituents is 2. The minimum atomic E-state index is -0.362. The number of amides is 2. The highest BCUT2D eigenvalue weighted by Gasteiger charge is 2.14. The van der Waals surface area contributed by atoms with Crippen LogP contribution in [-0.2, 0) is 6.42 Å². The summed E-state index contributed by atoms with van der Waals surface area (Å²) in [7, 11) is 3.26. The molecule has 0 aliphatic rings. The molecule has 0 bridgehead atoms. The molecule has 8 heteroatoms. The largest absolute Gasteiger partial charge is 0.507 e. The summed E-state index contributed by atoms with van der Waals surface area (Å²) in [4.78, 5) is 26.1. The van der Waals surface area contributed by atoms with Gasteiger partial charge >= 0.3 is 0 Å². The maximum atomic E-state index is 12.6. The Morgan fingerprint density at radius 1 is 0.649 bits per heavy atom. The summed E-state index contributed by atoms with van der Waals surface area (Å²) in [6.45, 7) is 0. The number of anilines is 2. The van der Waals surface area contributed by atoms with E-state index in [1.807, 2.05) is 48.5 Å². The molecule has 188 valence electrons. The van der Waals surface area contributed by atoms with Gasteiger partial charge in [0, 0.05) is 16.3 Å². The predicted octanol–water partition coefficient (Wildman–Crippen LogP) is 6.98. The maximum Gasteiger partial charge on any atom is 0.259 e. The molecule has 0 aliphatic heterocycles. The molecule has 0 radical (unpaired) electrons. The zero-order valence-corrected chi connectivity index (χ0v) is 21.5. The van der Waals surface area contributed by atoms with Crippen molar-refractivity contribution >= 4 is 44.8 Å². The van der Waals surface area contributed by atoms with Crippen molar-refractivity contribution < 1.29 is 19.8 Å². The number of hydrogen-bond donors (Lipinski definition) is 4. The number of rotatable bonds is 10. The Bertz CT molecular complexity index is 1290. The molecule has 4 N–H and O–H groups in total. The molecule has 0 spiro atoms. The van der Waals surface area contributed by atoms with Gasteiger partial charge in [-0.3, -0.25) is 9.59 Å². The van der Waals surface area contributed by atoms with Crippen molar-refractivity contribution in [2.24, 2.45) is 0 Å². The van der Waals surface area contributed by atoms with Gasteiger partial charge in [-0.05, 0) is 60.9 Å². The molecule has 0 unspecified atom stereocenters. The minimum Gasteiger partial charge on any atom is -0.507 e. The SMILES string of the molecule is O=C(Nc1ccccc1CCCSSc1ccccc1NC(=O)c1ccccc1O)c1ccccc1O. The molecule has 0 fully saturated rings. The van der Waals surface area contributed by atoms with Gasteiger partial charge in [0.1, 0.15) is 11.5 Å². The zero-order valence-electron chi connectivity index (χ0n) is 19.9. The lowest BCUT2D eigenvalue weighted by Gasteiger charge is -2.12. The average molecular weight is 531 g/mol. The maximum absolute atomic E-state index is 12.6. The van der Waals surface area contributed by atoms with Crippen molar-refractivity contribution in [3.8, 4) is 11.5 Å². The van der Waals surface area contributed by atoms with Gasteiger partial charge in [0.05, 0.1) is 16.8 Å². The van der Waals surface area contributed by atoms with E-state index in [2.05, 4.69) is 10.6 Å². The molecule has 4 aromatic rings. The van der Waals surface area contributed by atoms with Crippen molar-refractivity contribution in [1.82, 2.24) is 0 Å². The first-order chi connectivity index (χ1) is 18.0. The van der Waals surface area contributed by atoms with Crippen LogP contribution in [0.3, 0.4) is 0 Å². The van der Waals surface area contributed by atoms with Crippen molar-refractivity contribution in [3.05, 3.63) is 114 Å². The van der Waals surface area contributed by atoms with Gasteiger partial charge in [-0.15, -0.1) is 0 Å². The highest BCUT2D eigenvalue weighted by molar-refractivity contribution is 8.76. The van der Waals surface area contributed by atoms with E-state index < -0.39 is 0 Å². The van der Waals surface area contributed by atoms with Crippen LogP contribution in [-0.4, -0.2) is 27.8 Å². The summed E-state index contributed by atoms with van der Waals surface area (Å²) in [6.07, 6.45) is 1.66. The van der Waals surface area contributed by atoms with Gasteiger partial charge in [0.2, 0.25) is 0 Å². The lowest BCUT2D eigenvalue weighted by atomic mass is 10.1. The van der Waals surface area contributed by atoms with Gasteiger partial charge in [0.15, 0.2) is 0 Å². The fraction of sp³-hybridized carbons (Fsp3) is 0.103. The van der Waals surface area contributed by atoms with E-state index in [1.165, 1.54) is 12.1 Å². The fourth-order valence-electron chi connectivity index (χ4n) is 3.64. The van der Waals surface area contributed by atoms with E-state index in [9.17, 15) is 19.8 Å². The van der Waals surface area contributed by atoms with E-state index in [1.54, 1.807) is 58.0 Å². The third-order valence-electron chi connectivity index (χ3n) is 5.52. The number of para-hydroxylation sites is 4. The molecule has 4 aromatic carbocycles. The van der Waals surface area contributed by atoms with Crippen LogP contribution in [0.1, 0.15) is 32.7 Å². The van der Waals surface area contributed by atoms with Crippen LogP contribution in [0.25, 0.3) is 0 Å². The highest BCUT2D eigenvalue weighted by Crippen LogP contribution is 2.37. The predicted molar refractivity (Wildman–Crippen MR) is 152 cm³/mol. The monoisotopic (exact) mass is 530 g/mol.